The van der Waals surface area contributed by atoms with Gasteiger partial charge in [0.15, 0.2) is 44.3 Å². The smallest absolute Gasteiger partial charge is 0.345 e. The highest BCUT2D eigenvalue weighted by Gasteiger charge is 2.31. The summed E-state index contributed by atoms with van der Waals surface area (Å²) in [4.78, 5) is 14.7. The van der Waals surface area contributed by atoms with Gasteiger partial charge in [0.25, 0.3) is 0 Å². The molecule has 0 amide bonds. The van der Waals surface area contributed by atoms with Crippen LogP contribution >= 0.6 is 0 Å². The van der Waals surface area contributed by atoms with Crippen LogP contribution in [0.5, 0.6) is 5.75 Å². The third-order valence-corrected chi connectivity index (χ3v) is 7.34. The summed E-state index contributed by atoms with van der Waals surface area (Å²) in [5.74, 6) is 2.62. The number of esters is 1. The molecule has 0 aliphatic heterocycles. The van der Waals surface area contributed by atoms with E-state index in [1.807, 2.05) is 91.0 Å². The lowest BCUT2D eigenvalue weighted by atomic mass is 10.1. The van der Waals surface area contributed by atoms with Crippen molar-refractivity contribution in [3.05, 3.63) is 120 Å². The van der Waals surface area contributed by atoms with Crippen LogP contribution in [0.2, 0.25) is 0 Å². The van der Waals surface area contributed by atoms with Crippen LogP contribution in [0.25, 0.3) is 0 Å². The fourth-order valence-corrected chi connectivity index (χ4v) is 5.65. The predicted octanol–water partition coefficient (Wildman–Crippen LogP) is 6.81. The van der Waals surface area contributed by atoms with Crippen LogP contribution < -0.4 is 4.74 Å². The highest BCUT2D eigenvalue weighted by Crippen LogP contribution is 2.34. The van der Waals surface area contributed by atoms with Crippen molar-refractivity contribution < 1.29 is 23.0 Å². The summed E-state index contributed by atoms with van der Waals surface area (Å²) in [5.41, 5.74) is -0.339. The lowest BCUT2D eigenvalue weighted by Crippen LogP contribution is -2.29. The van der Waals surface area contributed by atoms with Crippen LogP contribution in [0.3, 0.4) is 0 Å². The van der Waals surface area contributed by atoms with Crippen LogP contribution in [0.1, 0.15) is 19.4 Å². The van der Waals surface area contributed by atoms with Crippen molar-refractivity contribution in [1.29, 1.82) is 0 Å². The number of rotatable bonds is 7. The lowest BCUT2D eigenvalue weighted by molar-refractivity contribution is -0.154. The molecule has 6 heteroatoms. The van der Waals surface area contributed by atoms with Gasteiger partial charge in [0.1, 0.15) is 0 Å². The molecule has 0 saturated heterocycles. The normalized spacial score (nSPS) is 10.9. The number of halogens is 2. The Bertz CT molecular complexity index is 1350. The van der Waals surface area contributed by atoms with Crippen molar-refractivity contribution in [3.8, 4) is 17.6 Å². The highest BCUT2D eigenvalue weighted by molar-refractivity contribution is 7.97. The number of carbonyl (C=O) groups is 1. The topological polar surface area (TPSA) is 35.5 Å². The van der Waals surface area contributed by atoms with E-state index in [-0.39, 0.29) is 0 Å². The van der Waals surface area contributed by atoms with Gasteiger partial charge in [-0.2, -0.15) is 0 Å². The van der Waals surface area contributed by atoms with E-state index in [9.17, 15) is 4.79 Å². The molecule has 186 valence electrons. The van der Waals surface area contributed by atoms with Crippen LogP contribution in [-0.4, -0.2) is 18.2 Å². The summed E-state index contributed by atoms with van der Waals surface area (Å²) in [5, 5.41) is 0. The van der Waals surface area contributed by atoms with Crippen molar-refractivity contribution in [2.75, 3.05) is 6.61 Å². The standard InChI is InChI=1S/C31H25F2O3S/c1-31(2,19-18-23-12-6-3-7-13-23)36-29(34)22-35-30-27(32)20-26(21-28(30)33)37(24-14-8-4-9-15-24)25-16-10-5-11-17-25/h3-17,20-21H,22H2,1-2H3/q+1. The Morgan fingerprint density at radius 2 is 1.27 bits per heavy atom. The van der Waals surface area contributed by atoms with Gasteiger partial charge in [-0.05, 0) is 50.2 Å². The fourth-order valence-electron chi connectivity index (χ4n) is 3.53. The molecule has 0 aliphatic rings. The molecule has 4 aromatic carbocycles. The summed E-state index contributed by atoms with van der Waals surface area (Å²) in [6.07, 6.45) is 0. The summed E-state index contributed by atoms with van der Waals surface area (Å²) >= 11 is 0. The monoisotopic (exact) mass is 515 g/mol. The first kappa shape index (κ1) is 26.0. The molecule has 0 bridgehead atoms. The molecule has 0 N–H and O–H groups in total. The number of ether oxygens (including phenoxy) is 2. The molecule has 37 heavy (non-hydrogen) atoms. The van der Waals surface area contributed by atoms with Crippen molar-refractivity contribution in [2.24, 2.45) is 0 Å². The van der Waals surface area contributed by atoms with E-state index < -0.39 is 46.5 Å². The maximum absolute atomic E-state index is 15.1. The minimum Gasteiger partial charge on any atom is -0.476 e. The zero-order chi connectivity index (χ0) is 26.3. The molecule has 0 spiro atoms. The SMILES string of the molecule is CC(C)(C#Cc1ccccc1)OC(=O)COc1c(F)cc([S+](c2ccccc2)c2ccccc2)cc1F. The number of hydrogen-bond acceptors (Lipinski definition) is 3. The van der Waals surface area contributed by atoms with Crippen LogP contribution in [0.15, 0.2) is 118 Å². The molecule has 0 atom stereocenters. The van der Waals surface area contributed by atoms with E-state index in [0.29, 0.717) is 4.90 Å². The van der Waals surface area contributed by atoms with Gasteiger partial charge in [-0.25, -0.2) is 13.6 Å². The number of carbonyl (C=O) groups excluding carboxylic acids is 1. The molecule has 3 nitrogen and oxygen atoms in total. The molecule has 0 unspecified atom stereocenters. The molecule has 0 saturated carbocycles. The zero-order valence-corrected chi connectivity index (χ0v) is 21.2. The predicted molar refractivity (Wildman–Crippen MR) is 140 cm³/mol. The average Bonchev–Trinajstić information content (AvgIpc) is 2.89. The molecule has 0 heterocycles. The van der Waals surface area contributed by atoms with Gasteiger partial charge in [-0.1, -0.05) is 66.4 Å². The second-order valence-electron chi connectivity index (χ2n) is 8.54. The second kappa shape index (κ2) is 11.8. The van der Waals surface area contributed by atoms with E-state index in [1.54, 1.807) is 13.8 Å². The Kier molecular flexibility index (Phi) is 8.27. The van der Waals surface area contributed by atoms with Crippen LogP contribution in [0, 0.1) is 23.5 Å². The Balaban J connectivity index is 1.49. The van der Waals surface area contributed by atoms with Crippen molar-refractivity contribution in [3.63, 3.8) is 0 Å². The number of benzene rings is 4. The van der Waals surface area contributed by atoms with E-state index in [2.05, 4.69) is 11.8 Å². The lowest BCUT2D eigenvalue weighted by Gasteiger charge is -2.19. The van der Waals surface area contributed by atoms with Crippen molar-refractivity contribution in [2.45, 2.75) is 34.1 Å². The molecule has 4 aromatic rings. The van der Waals surface area contributed by atoms with Crippen molar-refractivity contribution >= 4 is 16.9 Å². The first-order chi connectivity index (χ1) is 17.8. The minimum atomic E-state index is -1.11. The molecule has 4 rings (SSSR count). The molecular weight excluding hydrogens is 490 g/mol. The first-order valence-electron chi connectivity index (χ1n) is 11.6. The Morgan fingerprint density at radius 3 is 1.78 bits per heavy atom. The van der Waals surface area contributed by atoms with Gasteiger partial charge in [0.05, 0.1) is 10.9 Å². The van der Waals surface area contributed by atoms with Crippen molar-refractivity contribution in [1.82, 2.24) is 0 Å². The van der Waals surface area contributed by atoms with Gasteiger partial charge in [0.2, 0.25) is 0 Å². The number of hydrogen-bond donors (Lipinski definition) is 0. The summed E-state index contributed by atoms with van der Waals surface area (Å²) in [6.45, 7) is 2.60. The molecular formula is C31H25F2O3S+. The van der Waals surface area contributed by atoms with Gasteiger partial charge in [-0.15, -0.1) is 0 Å². The Hall–Kier alpha value is -4.08. The average molecular weight is 516 g/mol. The van der Waals surface area contributed by atoms with Crippen LogP contribution in [-0.2, 0) is 20.4 Å². The Labute approximate surface area is 218 Å². The quantitative estimate of drug-likeness (QED) is 0.154. The third kappa shape index (κ3) is 6.99. The maximum atomic E-state index is 15.1. The second-order valence-corrected chi connectivity index (χ2v) is 10.6. The van der Waals surface area contributed by atoms with E-state index in [1.165, 1.54) is 12.1 Å². The highest BCUT2D eigenvalue weighted by atomic mass is 32.2. The molecule has 0 radical (unpaired) electrons. The fraction of sp³-hybridized carbons (Fsp3) is 0.129. The maximum Gasteiger partial charge on any atom is 0.345 e. The largest absolute Gasteiger partial charge is 0.476 e. The Morgan fingerprint density at radius 1 is 0.784 bits per heavy atom. The van der Waals surface area contributed by atoms with E-state index in [0.717, 1.165) is 15.4 Å². The molecule has 0 aliphatic carbocycles. The summed E-state index contributed by atoms with van der Waals surface area (Å²) < 4.78 is 40.7. The van der Waals surface area contributed by atoms with Gasteiger partial charge in [0, 0.05) is 17.7 Å². The van der Waals surface area contributed by atoms with Gasteiger partial charge in [-0.3, -0.25) is 0 Å². The van der Waals surface area contributed by atoms with Gasteiger partial charge < -0.3 is 9.47 Å². The minimum absolute atomic E-state index is 0.458. The van der Waals surface area contributed by atoms with Gasteiger partial charge >= 0.3 is 5.97 Å². The van der Waals surface area contributed by atoms with E-state index in [4.69, 9.17) is 9.47 Å². The zero-order valence-electron chi connectivity index (χ0n) is 20.4. The first-order valence-corrected chi connectivity index (χ1v) is 12.8. The van der Waals surface area contributed by atoms with E-state index >= 15 is 8.78 Å². The van der Waals surface area contributed by atoms with Crippen LogP contribution in [0.4, 0.5) is 8.78 Å². The molecule has 0 fully saturated rings. The molecule has 0 aromatic heterocycles. The third-order valence-electron chi connectivity index (χ3n) is 5.15. The summed E-state index contributed by atoms with van der Waals surface area (Å²) in [7, 11) is -0.730. The summed E-state index contributed by atoms with van der Waals surface area (Å²) in [6, 6.07) is 30.8.